The molecule has 1 aliphatic rings. The van der Waals surface area contributed by atoms with Gasteiger partial charge in [-0.2, -0.15) is 5.10 Å². The molecule has 4 aromatic rings. The summed E-state index contributed by atoms with van der Waals surface area (Å²) in [6.07, 6.45) is 6.52. The van der Waals surface area contributed by atoms with E-state index in [0.717, 1.165) is 58.4 Å². The standard InChI is InChI=1S/C25H26FN5O/c1-16-3-10-22(20-13-27-31(15-20)14-17-4-8-21(26)9-5-17)25(28-16)19-7-6-18-12-24(32-2)30-29-23(18)11-19/h3,6-7,10-13,15,17,21H,4-5,8-9,14H2,1-2H3. The van der Waals surface area contributed by atoms with Crippen LogP contribution in [0.15, 0.2) is 48.8 Å². The van der Waals surface area contributed by atoms with Crippen LogP contribution in [0.25, 0.3) is 33.3 Å². The largest absolute Gasteiger partial charge is 0.480 e. The second-order valence-corrected chi connectivity index (χ2v) is 8.58. The van der Waals surface area contributed by atoms with Gasteiger partial charge in [-0.3, -0.25) is 9.67 Å². The molecule has 0 amide bonds. The van der Waals surface area contributed by atoms with Gasteiger partial charge in [0.15, 0.2) is 0 Å². The molecule has 0 spiro atoms. The summed E-state index contributed by atoms with van der Waals surface area (Å²) >= 11 is 0. The predicted molar refractivity (Wildman–Crippen MR) is 122 cm³/mol. The molecule has 5 rings (SSSR count). The van der Waals surface area contributed by atoms with Crippen LogP contribution >= 0.6 is 0 Å². The number of nitrogens with zero attached hydrogens (tertiary/aromatic N) is 5. The molecular weight excluding hydrogens is 405 g/mol. The van der Waals surface area contributed by atoms with E-state index in [1.165, 1.54) is 0 Å². The molecular formula is C25H26FN5O. The van der Waals surface area contributed by atoms with Crippen LogP contribution in [0, 0.1) is 12.8 Å². The van der Waals surface area contributed by atoms with Crippen LogP contribution in [0.5, 0.6) is 5.88 Å². The molecule has 3 aromatic heterocycles. The van der Waals surface area contributed by atoms with Crippen LogP contribution in [0.2, 0.25) is 0 Å². The Kier molecular flexibility index (Phi) is 5.55. The van der Waals surface area contributed by atoms with Crippen LogP contribution in [0.4, 0.5) is 4.39 Å². The summed E-state index contributed by atoms with van der Waals surface area (Å²) in [6, 6.07) is 12.1. The Morgan fingerprint density at radius 2 is 1.88 bits per heavy atom. The number of hydrogen-bond acceptors (Lipinski definition) is 5. The lowest BCUT2D eigenvalue weighted by Gasteiger charge is -2.23. The molecule has 6 nitrogen and oxygen atoms in total. The lowest BCUT2D eigenvalue weighted by atomic mass is 9.88. The molecule has 1 aliphatic carbocycles. The second kappa shape index (κ2) is 8.65. The Morgan fingerprint density at radius 1 is 1.03 bits per heavy atom. The first-order valence-corrected chi connectivity index (χ1v) is 11.1. The summed E-state index contributed by atoms with van der Waals surface area (Å²) in [5.41, 5.74) is 5.64. The number of rotatable bonds is 5. The van der Waals surface area contributed by atoms with Gasteiger partial charge in [-0.1, -0.05) is 18.2 Å². The highest BCUT2D eigenvalue weighted by Crippen LogP contribution is 2.33. The second-order valence-electron chi connectivity index (χ2n) is 8.58. The number of ether oxygens (including phenoxy) is 1. The summed E-state index contributed by atoms with van der Waals surface area (Å²) < 4.78 is 20.6. The van der Waals surface area contributed by atoms with Crippen molar-refractivity contribution in [1.82, 2.24) is 25.0 Å². The molecule has 1 saturated carbocycles. The first-order chi connectivity index (χ1) is 15.6. The molecule has 32 heavy (non-hydrogen) atoms. The van der Waals surface area contributed by atoms with Gasteiger partial charge in [-0.25, -0.2) is 4.39 Å². The third-order valence-electron chi connectivity index (χ3n) is 6.25. The maximum absolute atomic E-state index is 13.5. The Morgan fingerprint density at radius 3 is 2.69 bits per heavy atom. The first-order valence-electron chi connectivity index (χ1n) is 11.1. The summed E-state index contributed by atoms with van der Waals surface area (Å²) in [7, 11) is 1.58. The zero-order valence-electron chi connectivity index (χ0n) is 18.3. The fourth-order valence-electron chi connectivity index (χ4n) is 4.45. The van der Waals surface area contributed by atoms with Gasteiger partial charge in [-0.15, -0.1) is 10.2 Å². The number of halogens is 1. The minimum absolute atomic E-state index is 0.487. The van der Waals surface area contributed by atoms with Gasteiger partial charge in [0.25, 0.3) is 0 Å². The highest BCUT2D eigenvalue weighted by atomic mass is 19.1. The van der Waals surface area contributed by atoms with Gasteiger partial charge in [0.05, 0.1) is 24.5 Å². The lowest BCUT2D eigenvalue weighted by Crippen LogP contribution is -2.19. The Bertz CT molecular complexity index is 1250. The van der Waals surface area contributed by atoms with Crippen LogP contribution in [-0.4, -0.2) is 38.2 Å². The van der Waals surface area contributed by atoms with Crippen molar-refractivity contribution in [1.29, 1.82) is 0 Å². The minimum atomic E-state index is -0.631. The van der Waals surface area contributed by atoms with Crippen molar-refractivity contribution in [3.63, 3.8) is 0 Å². The number of aromatic nitrogens is 5. The summed E-state index contributed by atoms with van der Waals surface area (Å²) in [6.45, 7) is 2.82. The molecule has 0 aliphatic heterocycles. The van der Waals surface area contributed by atoms with Gasteiger partial charge in [0.2, 0.25) is 5.88 Å². The Balaban J connectivity index is 1.46. The highest BCUT2D eigenvalue weighted by molar-refractivity contribution is 5.88. The van der Waals surface area contributed by atoms with Crippen molar-refractivity contribution in [2.45, 2.75) is 45.3 Å². The van der Waals surface area contributed by atoms with Crippen LogP contribution < -0.4 is 4.74 Å². The van der Waals surface area contributed by atoms with E-state index in [4.69, 9.17) is 9.72 Å². The molecule has 1 aromatic carbocycles. The van der Waals surface area contributed by atoms with Crippen molar-refractivity contribution >= 4 is 10.9 Å². The van der Waals surface area contributed by atoms with Gasteiger partial charge >= 0.3 is 0 Å². The van der Waals surface area contributed by atoms with Crippen molar-refractivity contribution in [2.75, 3.05) is 7.11 Å². The molecule has 1 fully saturated rings. The topological polar surface area (TPSA) is 65.7 Å². The smallest absolute Gasteiger partial charge is 0.233 e. The van der Waals surface area contributed by atoms with Gasteiger partial charge < -0.3 is 4.74 Å². The maximum atomic E-state index is 13.5. The molecule has 0 saturated heterocycles. The lowest BCUT2D eigenvalue weighted by molar-refractivity contribution is 0.192. The van der Waals surface area contributed by atoms with E-state index < -0.39 is 6.17 Å². The zero-order chi connectivity index (χ0) is 22.1. The highest BCUT2D eigenvalue weighted by Gasteiger charge is 2.21. The molecule has 0 bridgehead atoms. The number of pyridine rings is 1. The maximum Gasteiger partial charge on any atom is 0.233 e. The van der Waals surface area contributed by atoms with Gasteiger partial charge in [0, 0.05) is 46.6 Å². The molecule has 0 atom stereocenters. The van der Waals surface area contributed by atoms with E-state index in [2.05, 4.69) is 33.6 Å². The number of aryl methyl sites for hydroxylation is 1. The van der Waals surface area contributed by atoms with Crippen LogP contribution in [0.3, 0.4) is 0 Å². The quantitative estimate of drug-likeness (QED) is 0.423. The molecule has 3 heterocycles. The average molecular weight is 432 g/mol. The van der Waals surface area contributed by atoms with E-state index in [-0.39, 0.29) is 0 Å². The monoisotopic (exact) mass is 431 g/mol. The van der Waals surface area contributed by atoms with Crippen LogP contribution in [-0.2, 0) is 6.54 Å². The van der Waals surface area contributed by atoms with Gasteiger partial charge in [-0.05, 0) is 50.7 Å². The van der Waals surface area contributed by atoms with Crippen molar-refractivity contribution in [3.05, 3.63) is 54.5 Å². The predicted octanol–water partition coefficient (Wildman–Crippen LogP) is 5.40. The fraction of sp³-hybridized carbons (Fsp3) is 0.360. The van der Waals surface area contributed by atoms with Crippen molar-refractivity contribution in [2.24, 2.45) is 5.92 Å². The minimum Gasteiger partial charge on any atom is -0.480 e. The van der Waals surface area contributed by atoms with E-state index in [9.17, 15) is 4.39 Å². The zero-order valence-corrected chi connectivity index (χ0v) is 18.3. The van der Waals surface area contributed by atoms with Crippen LogP contribution in [0.1, 0.15) is 31.4 Å². The SMILES string of the molecule is COc1cc2ccc(-c3nc(C)ccc3-c3cnn(CC4CCC(F)CC4)c3)cc2nn1. The van der Waals surface area contributed by atoms with Crippen molar-refractivity contribution in [3.8, 4) is 28.3 Å². The number of alkyl halides is 1. The van der Waals surface area contributed by atoms with E-state index in [1.54, 1.807) is 7.11 Å². The van der Waals surface area contributed by atoms with Gasteiger partial charge in [0.1, 0.15) is 6.17 Å². The molecule has 7 heteroatoms. The summed E-state index contributed by atoms with van der Waals surface area (Å²) in [5, 5.41) is 13.9. The molecule has 164 valence electrons. The fourth-order valence-corrected chi connectivity index (χ4v) is 4.45. The molecule has 0 N–H and O–H groups in total. The first kappa shape index (κ1) is 20.5. The Hall–Kier alpha value is -3.35. The van der Waals surface area contributed by atoms with E-state index in [1.807, 2.05) is 42.1 Å². The third-order valence-corrected chi connectivity index (χ3v) is 6.25. The van der Waals surface area contributed by atoms with Crippen molar-refractivity contribution < 1.29 is 9.13 Å². The Labute approximate surface area is 186 Å². The van der Waals surface area contributed by atoms with E-state index >= 15 is 0 Å². The molecule has 0 radical (unpaired) electrons. The summed E-state index contributed by atoms with van der Waals surface area (Å²) in [5.74, 6) is 0.980. The summed E-state index contributed by atoms with van der Waals surface area (Å²) in [4.78, 5) is 4.84. The number of fused-ring (bicyclic) bond motifs is 1. The molecule has 0 unspecified atom stereocenters. The number of benzene rings is 1. The number of methoxy groups -OCH3 is 1. The normalized spacial score (nSPS) is 18.7. The van der Waals surface area contributed by atoms with E-state index in [0.29, 0.717) is 24.6 Å². The number of hydrogen-bond donors (Lipinski definition) is 0. The third kappa shape index (κ3) is 4.20. The average Bonchev–Trinajstić information content (AvgIpc) is 3.28.